The van der Waals surface area contributed by atoms with Crippen LogP contribution in [0.2, 0.25) is 0 Å². The third kappa shape index (κ3) is 7.27. The summed E-state index contributed by atoms with van der Waals surface area (Å²) >= 11 is 0. The van der Waals surface area contributed by atoms with Crippen LogP contribution in [0, 0.1) is 5.92 Å². The number of carboxylic acids is 1. The van der Waals surface area contributed by atoms with Crippen LogP contribution >= 0.6 is 0 Å². The number of alkyl halides is 3. The van der Waals surface area contributed by atoms with E-state index < -0.39 is 36.5 Å². The van der Waals surface area contributed by atoms with Gasteiger partial charge < -0.3 is 15.2 Å². The minimum atomic E-state index is -5.20. The SMILES string of the molecule is CC(C)COC(=O)C(CC(=O)O)NC(=O)C(F)(F)F. The van der Waals surface area contributed by atoms with Crippen LogP contribution in [0.3, 0.4) is 0 Å². The van der Waals surface area contributed by atoms with Gasteiger partial charge in [-0.3, -0.25) is 9.59 Å². The maximum atomic E-state index is 12.0. The molecule has 0 aliphatic rings. The number of halogens is 3. The third-order valence-electron chi connectivity index (χ3n) is 1.78. The monoisotopic (exact) mass is 285 g/mol. The van der Waals surface area contributed by atoms with Crippen molar-refractivity contribution < 1.29 is 37.4 Å². The molecule has 0 spiro atoms. The predicted octanol–water partition coefficient (Wildman–Crippen LogP) is 0.707. The number of hydrogen-bond donors (Lipinski definition) is 2. The lowest BCUT2D eigenvalue weighted by Crippen LogP contribution is -2.48. The van der Waals surface area contributed by atoms with Gasteiger partial charge in [0.15, 0.2) is 0 Å². The van der Waals surface area contributed by atoms with Crippen LogP contribution in [-0.2, 0) is 19.1 Å². The molecule has 6 nitrogen and oxygen atoms in total. The van der Waals surface area contributed by atoms with E-state index in [0.29, 0.717) is 0 Å². The number of hydrogen-bond acceptors (Lipinski definition) is 4. The fourth-order valence-corrected chi connectivity index (χ4v) is 0.957. The largest absolute Gasteiger partial charge is 0.481 e. The maximum absolute atomic E-state index is 12.0. The van der Waals surface area contributed by atoms with Crippen molar-refractivity contribution in [3.63, 3.8) is 0 Å². The second kappa shape index (κ2) is 6.95. The Bertz CT molecular complexity index is 354. The molecule has 0 bridgehead atoms. The van der Waals surface area contributed by atoms with Crippen LogP contribution in [0.5, 0.6) is 0 Å². The summed E-state index contributed by atoms with van der Waals surface area (Å²) in [7, 11) is 0. The molecule has 19 heavy (non-hydrogen) atoms. The van der Waals surface area contributed by atoms with Gasteiger partial charge in [0.25, 0.3) is 0 Å². The first kappa shape index (κ1) is 17.2. The fraction of sp³-hybridized carbons (Fsp3) is 0.700. The van der Waals surface area contributed by atoms with Crippen molar-refractivity contribution >= 4 is 17.8 Å². The highest BCUT2D eigenvalue weighted by Crippen LogP contribution is 2.15. The Labute approximate surface area is 106 Å². The molecule has 9 heteroatoms. The molecule has 0 saturated carbocycles. The summed E-state index contributed by atoms with van der Waals surface area (Å²) in [6.07, 6.45) is -6.19. The van der Waals surface area contributed by atoms with Gasteiger partial charge in [-0.1, -0.05) is 13.8 Å². The molecule has 1 atom stereocenters. The number of carboxylic acid groups (broad SMARTS) is 1. The Morgan fingerprint density at radius 2 is 1.79 bits per heavy atom. The zero-order chi connectivity index (χ0) is 15.2. The van der Waals surface area contributed by atoms with E-state index in [-0.39, 0.29) is 12.5 Å². The lowest BCUT2D eigenvalue weighted by molar-refractivity contribution is -0.176. The highest BCUT2D eigenvalue weighted by Gasteiger charge is 2.41. The summed E-state index contributed by atoms with van der Waals surface area (Å²) < 4.78 is 40.6. The van der Waals surface area contributed by atoms with Crippen molar-refractivity contribution in [2.75, 3.05) is 6.61 Å². The summed E-state index contributed by atoms with van der Waals surface area (Å²) in [5.41, 5.74) is 0. The summed E-state index contributed by atoms with van der Waals surface area (Å²) in [4.78, 5) is 32.5. The van der Waals surface area contributed by atoms with Crippen LogP contribution in [0.25, 0.3) is 0 Å². The number of carbonyl (C=O) groups excluding carboxylic acids is 2. The zero-order valence-corrected chi connectivity index (χ0v) is 10.3. The van der Waals surface area contributed by atoms with Crippen molar-refractivity contribution in [1.29, 1.82) is 0 Å². The van der Waals surface area contributed by atoms with E-state index in [9.17, 15) is 27.6 Å². The molecule has 0 aliphatic carbocycles. The van der Waals surface area contributed by atoms with Gasteiger partial charge in [-0.05, 0) is 5.92 Å². The van der Waals surface area contributed by atoms with Crippen LogP contribution in [-0.4, -0.2) is 41.8 Å². The van der Waals surface area contributed by atoms with E-state index in [1.807, 2.05) is 0 Å². The smallest absolute Gasteiger partial charge is 0.471 e. The number of esters is 1. The van der Waals surface area contributed by atoms with Crippen molar-refractivity contribution in [3.8, 4) is 0 Å². The van der Waals surface area contributed by atoms with E-state index in [1.54, 1.807) is 13.8 Å². The van der Waals surface area contributed by atoms with Crippen molar-refractivity contribution in [3.05, 3.63) is 0 Å². The predicted molar refractivity (Wildman–Crippen MR) is 56.0 cm³/mol. The number of rotatable bonds is 6. The molecule has 2 N–H and O–H groups in total. The van der Waals surface area contributed by atoms with Crippen molar-refractivity contribution in [2.24, 2.45) is 5.92 Å². The van der Waals surface area contributed by atoms with E-state index in [0.717, 1.165) is 0 Å². The molecule has 0 aliphatic heterocycles. The number of amides is 1. The van der Waals surface area contributed by atoms with Gasteiger partial charge >= 0.3 is 24.0 Å². The molecule has 1 unspecified atom stereocenters. The van der Waals surface area contributed by atoms with Crippen LogP contribution in [0.4, 0.5) is 13.2 Å². The molecule has 1 amide bonds. The highest BCUT2D eigenvalue weighted by molar-refractivity contribution is 5.89. The number of aliphatic carboxylic acids is 1. The van der Waals surface area contributed by atoms with E-state index >= 15 is 0 Å². The standard InChI is InChI=1S/C10H14F3NO5/c1-5(2)4-19-8(17)6(3-7(15)16)14-9(18)10(11,12)13/h5-6H,3-4H2,1-2H3,(H,14,18)(H,15,16). The molecule has 0 radical (unpaired) electrons. The van der Waals surface area contributed by atoms with E-state index in [2.05, 4.69) is 4.74 Å². The van der Waals surface area contributed by atoms with Gasteiger partial charge in [-0.2, -0.15) is 13.2 Å². The average molecular weight is 285 g/mol. The minimum absolute atomic E-state index is 0.0762. The molecule has 0 fully saturated rings. The maximum Gasteiger partial charge on any atom is 0.471 e. The lowest BCUT2D eigenvalue weighted by Gasteiger charge is -2.17. The Morgan fingerprint density at radius 1 is 1.26 bits per heavy atom. The zero-order valence-electron chi connectivity index (χ0n) is 10.3. The summed E-state index contributed by atoms with van der Waals surface area (Å²) in [5, 5.41) is 9.78. The number of nitrogens with one attached hydrogen (secondary N) is 1. The molecule has 0 aromatic heterocycles. The highest BCUT2D eigenvalue weighted by atomic mass is 19.4. The normalized spacial score (nSPS) is 12.9. The number of ether oxygens (including phenoxy) is 1. The Kier molecular flexibility index (Phi) is 6.30. The third-order valence-corrected chi connectivity index (χ3v) is 1.78. The fourth-order valence-electron chi connectivity index (χ4n) is 0.957. The minimum Gasteiger partial charge on any atom is -0.481 e. The van der Waals surface area contributed by atoms with Crippen molar-refractivity contribution in [1.82, 2.24) is 5.32 Å². The van der Waals surface area contributed by atoms with Gasteiger partial charge in [0.1, 0.15) is 6.04 Å². The molecule has 0 aromatic carbocycles. The van der Waals surface area contributed by atoms with E-state index in [4.69, 9.17) is 5.11 Å². The Hall–Kier alpha value is -1.80. The quantitative estimate of drug-likeness (QED) is 0.701. The average Bonchev–Trinajstić information content (AvgIpc) is 2.22. The van der Waals surface area contributed by atoms with Gasteiger partial charge in [0.05, 0.1) is 13.0 Å². The molecule has 0 heterocycles. The van der Waals surface area contributed by atoms with Crippen LogP contribution in [0.15, 0.2) is 0 Å². The second-order valence-corrected chi connectivity index (χ2v) is 4.15. The first-order valence-corrected chi connectivity index (χ1v) is 5.30. The van der Waals surface area contributed by atoms with Crippen LogP contribution < -0.4 is 5.32 Å². The summed E-state index contributed by atoms with van der Waals surface area (Å²) in [6.45, 7) is 3.29. The van der Waals surface area contributed by atoms with Gasteiger partial charge in [0, 0.05) is 0 Å². The van der Waals surface area contributed by atoms with Crippen LogP contribution in [0.1, 0.15) is 20.3 Å². The number of carbonyl (C=O) groups is 3. The molecule has 0 aromatic rings. The lowest BCUT2D eigenvalue weighted by atomic mass is 10.2. The summed E-state index contributed by atoms with van der Waals surface area (Å²) in [6, 6.07) is -1.87. The van der Waals surface area contributed by atoms with Crippen molar-refractivity contribution in [2.45, 2.75) is 32.5 Å². The Morgan fingerprint density at radius 3 is 2.16 bits per heavy atom. The first-order chi connectivity index (χ1) is 8.54. The van der Waals surface area contributed by atoms with Gasteiger partial charge in [0.2, 0.25) is 0 Å². The molecular weight excluding hydrogens is 271 g/mol. The topological polar surface area (TPSA) is 92.7 Å². The first-order valence-electron chi connectivity index (χ1n) is 5.30. The van der Waals surface area contributed by atoms with Gasteiger partial charge in [-0.15, -0.1) is 0 Å². The molecular formula is C10H14F3NO5. The Balaban J connectivity index is 4.67. The van der Waals surface area contributed by atoms with Gasteiger partial charge in [-0.25, -0.2) is 4.79 Å². The second-order valence-electron chi connectivity index (χ2n) is 4.15. The molecule has 0 rings (SSSR count). The molecule has 110 valence electrons. The summed E-state index contributed by atoms with van der Waals surface area (Å²) in [5.74, 6) is -5.21. The van der Waals surface area contributed by atoms with E-state index in [1.165, 1.54) is 5.32 Å². The molecule has 0 saturated heterocycles.